The zero-order valence-electron chi connectivity index (χ0n) is 36.7. The van der Waals surface area contributed by atoms with Gasteiger partial charge in [0.15, 0.2) is 6.10 Å². The number of aliphatic hydroxyl groups is 1. The lowest BCUT2D eigenvalue weighted by Gasteiger charge is -2.23. The van der Waals surface area contributed by atoms with Crippen LogP contribution in [0.15, 0.2) is 0 Å². The van der Waals surface area contributed by atoms with Crippen LogP contribution in [0.5, 0.6) is 0 Å². The molecule has 0 radical (unpaired) electrons. The van der Waals surface area contributed by atoms with Gasteiger partial charge in [0.2, 0.25) is 0 Å². The Morgan fingerprint density at radius 2 is 0.836 bits per heavy atom. The molecule has 0 aromatic heterocycles. The minimum absolute atomic E-state index is 0.0569. The molecule has 0 amide bonds. The molecule has 0 unspecified atom stereocenters. The zero-order chi connectivity index (χ0) is 41.3. The Morgan fingerprint density at radius 1 is 0.527 bits per heavy atom. The van der Waals surface area contributed by atoms with Crippen molar-refractivity contribution in [3.8, 4) is 0 Å². The second-order valence-corrected chi connectivity index (χ2v) is 18.0. The maximum Gasteiger partial charge on any atom is 0.469 e. The molecule has 0 saturated carbocycles. The quantitative estimate of drug-likeness (QED) is 0.0239. The van der Waals surface area contributed by atoms with Gasteiger partial charge in [0.1, 0.15) is 19.8 Å². The van der Waals surface area contributed by atoms with E-state index in [9.17, 15) is 19.3 Å². The zero-order valence-corrected chi connectivity index (χ0v) is 37.6. The second kappa shape index (κ2) is 41.1. The molecule has 0 saturated heterocycles. The molecule has 55 heavy (non-hydrogen) atoms. The number of carbonyl (C=O) groups excluding carboxylic acids is 2. The third kappa shape index (κ3) is 51.0. The third-order valence-electron chi connectivity index (χ3n) is 9.92. The number of hydrogen-bond donors (Lipinski definition) is 3. The molecular formula is C44H91NO9P+. The molecule has 0 heterocycles. The highest BCUT2D eigenvalue weighted by Gasteiger charge is 2.17. The van der Waals surface area contributed by atoms with Gasteiger partial charge in [-0.15, -0.1) is 0 Å². The highest BCUT2D eigenvalue weighted by Crippen LogP contribution is 2.35. The van der Waals surface area contributed by atoms with E-state index in [1.807, 2.05) is 21.1 Å². The van der Waals surface area contributed by atoms with Crippen LogP contribution in [0, 0.1) is 0 Å². The van der Waals surface area contributed by atoms with Crippen molar-refractivity contribution in [2.75, 3.05) is 47.5 Å². The number of aliphatic hydroxyl groups excluding tert-OH is 1. The van der Waals surface area contributed by atoms with Gasteiger partial charge < -0.3 is 28.9 Å². The van der Waals surface area contributed by atoms with E-state index in [1.54, 1.807) is 0 Å². The summed E-state index contributed by atoms with van der Waals surface area (Å²) < 4.78 is 25.7. The Hall–Kier alpha value is -1.03. The Labute approximate surface area is 339 Å². The molecule has 0 aliphatic carbocycles. The van der Waals surface area contributed by atoms with Gasteiger partial charge in [-0.3, -0.25) is 14.1 Å². The van der Waals surface area contributed by atoms with Crippen molar-refractivity contribution in [3.05, 3.63) is 0 Å². The van der Waals surface area contributed by atoms with Crippen LogP contribution < -0.4 is 0 Å². The van der Waals surface area contributed by atoms with Crippen molar-refractivity contribution in [3.63, 3.8) is 0 Å². The smallest absolute Gasteiger partial charge is 0.462 e. The van der Waals surface area contributed by atoms with Crippen LogP contribution in [0.2, 0.25) is 0 Å². The molecule has 0 aliphatic heterocycles. The molecule has 0 aromatic carbocycles. The molecule has 11 heteroatoms. The van der Waals surface area contributed by atoms with Crippen LogP contribution in [0.4, 0.5) is 0 Å². The third-order valence-corrected chi connectivity index (χ3v) is 10.4. The first-order valence-electron chi connectivity index (χ1n) is 22.8. The number of ether oxygens (including phenoxy) is 2. The molecule has 0 rings (SSSR count). The Bertz CT molecular complexity index is 878. The lowest BCUT2D eigenvalue weighted by Crippen LogP contribution is -2.37. The predicted octanol–water partition coefficient (Wildman–Crippen LogP) is 11.8. The first-order valence-corrected chi connectivity index (χ1v) is 24.3. The van der Waals surface area contributed by atoms with E-state index in [2.05, 4.69) is 18.4 Å². The number of nitrogens with zero attached hydrogens (tertiary/aromatic N) is 1. The predicted molar refractivity (Wildman–Crippen MR) is 228 cm³/mol. The minimum atomic E-state index is -4.26. The molecule has 1 atom stereocenters. The number of phosphoric ester groups is 1. The maximum atomic E-state index is 12.1. The summed E-state index contributed by atoms with van der Waals surface area (Å²) in [4.78, 5) is 40.8. The summed E-state index contributed by atoms with van der Waals surface area (Å²) in [6.07, 6.45) is 38.7. The average Bonchev–Trinajstić information content (AvgIpc) is 3.12. The van der Waals surface area contributed by atoms with Gasteiger partial charge in [0, 0.05) is 12.8 Å². The fraction of sp³-hybridized carbons (Fsp3) is 0.955. The Balaban J connectivity index is 0. The summed E-state index contributed by atoms with van der Waals surface area (Å²) in [7, 11) is 1.50. The van der Waals surface area contributed by atoms with Gasteiger partial charge in [-0.1, -0.05) is 194 Å². The Morgan fingerprint density at radius 3 is 1.13 bits per heavy atom. The van der Waals surface area contributed by atoms with Crippen molar-refractivity contribution in [1.82, 2.24) is 0 Å². The number of hydrogen-bond acceptors (Lipinski definition) is 7. The average molecular weight is 809 g/mol. The standard InChI is InChI=1S/C39H76O5.C5H14NO4P/c1-3-5-7-9-11-13-15-17-19-21-23-25-27-29-31-33-38(41)43-36-37(35-40)44-39(42)34-32-30-28-26-24-22-20-18-16-14-12-10-8-6-4-2;1-6(2,3)4-5-10-11(7,8)9/h37,40H,3-36H2,1-2H3;4-5H2,1-3H3,(H-,7,8,9)/p+1/t37-;/m0./s1. The molecule has 0 aromatic rings. The molecule has 0 spiro atoms. The van der Waals surface area contributed by atoms with Gasteiger partial charge >= 0.3 is 19.8 Å². The number of likely N-dealkylation sites (N-methyl/N-ethyl adjacent to an activating group) is 1. The van der Waals surface area contributed by atoms with E-state index < -0.39 is 13.9 Å². The minimum Gasteiger partial charge on any atom is -0.462 e. The summed E-state index contributed by atoms with van der Waals surface area (Å²) >= 11 is 0. The SMILES string of the molecule is CCCCCCCCCCCCCCCCCC(=O)OC[C@H](CO)OC(=O)CCCCCCCCCCCCCCCCC.C[N+](C)(C)CCOP(=O)(O)O. The second-order valence-electron chi connectivity index (χ2n) is 16.7. The van der Waals surface area contributed by atoms with Crippen LogP contribution in [0.3, 0.4) is 0 Å². The van der Waals surface area contributed by atoms with Gasteiger partial charge in [-0.05, 0) is 12.8 Å². The van der Waals surface area contributed by atoms with Crippen LogP contribution in [0.1, 0.15) is 219 Å². The van der Waals surface area contributed by atoms with Crippen LogP contribution in [0.25, 0.3) is 0 Å². The van der Waals surface area contributed by atoms with E-state index in [-0.39, 0.29) is 31.8 Å². The summed E-state index contributed by atoms with van der Waals surface area (Å²) in [5, 5.41) is 9.54. The fourth-order valence-corrected chi connectivity index (χ4v) is 6.66. The maximum absolute atomic E-state index is 12.1. The summed E-state index contributed by atoms with van der Waals surface area (Å²) in [6.45, 7) is 4.81. The van der Waals surface area contributed by atoms with E-state index in [4.69, 9.17) is 19.3 Å². The summed E-state index contributed by atoms with van der Waals surface area (Å²) in [5.41, 5.74) is 0. The topological polar surface area (TPSA) is 140 Å². The molecule has 3 N–H and O–H groups in total. The highest BCUT2D eigenvalue weighted by molar-refractivity contribution is 7.46. The van der Waals surface area contributed by atoms with Crippen molar-refractivity contribution >= 4 is 19.8 Å². The van der Waals surface area contributed by atoms with E-state index >= 15 is 0 Å². The molecular weight excluding hydrogens is 717 g/mol. The highest BCUT2D eigenvalue weighted by atomic mass is 31.2. The number of quaternary nitrogens is 1. The van der Waals surface area contributed by atoms with Crippen LogP contribution >= 0.6 is 7.82 Å². The van der Waals surface area contributed by atoms with Crippen molar-refractivity contribution < 1.29 is 47.5 Å². The van der Waals surface area contributed by atoms with Crippen LogP contribution in [-0.2, 0) is 28.2 Å². The van der Waals surface area contributed by atoms with E-state index in [0.29, 0.717) is 23.9 Å². The lowest BCUT2D eigenvalue weighted by molar-refractivity contribution is -0.870. The molecule has 330 valence electrons. The summed E-state index contributed by atoms with van der Waals surface area (Å²) in [6, 6.07) is 0. The molecule has 10 nitrogen and oxygen atoms in total. The number of unbranched alkanes of at least 4 members (excludes halogenated alkanes) is 28. The van der Waals surface area contributed by atoms with Gasteiger partial charge in [-0.2, -0.15) is 0 Å². The van der Waals surface area contributed by atoms with Gasteiger partial charge in [0.05, 0.1) is 27.7 Å². The largest absolute Gasteiger partial charge is 0.469 e. The number of rotatable bonds is 40. The molecule has 0 bridgehead atoms. The normalized spacial score (nSPS) is 12.3. The summed E-state index contributed by atoms with van der Waals surface area (Å²) in [5.74, 6) is -0.575. The van der Waals surface area contributed by atoms with Crippen molar-refractivity contribution in [2.45, 2.75) is 225 Å². The lowest BCUT2D eigenvalue weighted by atomic mass is 10.0. The van der Waals surface area contributed by atoms with Gasteiger partial charge in [0.25, 0.3) is 0 Å². The number of esters is 2. The number of phosphoric acid groups is 1. The Kier molecular flexibility index (Phi) is 41.9. The first-order chi connectivity index (χ1) is 26.3. The van der Waals surface area contributed by atoms with Crippen molar-refractivity contribution in [2.24, 2.45) is 0 Å². The van der Waals surface area contributed by atoms with Gasteiger partial charge in [-0.25, -0.2) is 4.57 Å². The van der Waals surface area contributed by atoms with Crippen LogP contribution in [-0.4, -0.2) is 84.9 Å². The first kappa shape index (κ1) is 56.1. The number of carbonyl (C=O) groups is 2. The molecule has 0 fully saturated rings. The van der Waals surface area contributed by atoms with E-state index in [0.717, 1.165) is 32.1 Å². The van der Waals surface area contributed by atoms with Crippen molar-refractivity contribution in [1.29, 1.82) is 0 Å². The monoisotopic (exact) mass is 809 g/mol. The fourth-order valence-electron chi connectivity index (χ4n) is 6.34. The molecule has 0 aliphatic rings. The van der Waals surface area contributed by atoms with E-state index in [1.165, 1.54) is 161 Å².